The van der Waals surface area contributed by atoms with Crippen LogP contribution in [0.3, 0.4) is 0 Å². The van der Waals surface area contributed by atoms with Crippen LogP contribution >= 0.6 is 0 Å². The summed E-state index contributed by atoms with van der Waals surface area (Å²) in [5.74, 6) is -0.397. The Morgan fingerprint density at radius 1 is 1.31 bits per heavy atom. The third kappa shape index (κ3) is 5.22. The molecule has 0 heterocycles. The highest BCUT2D eigenvalue weighted by molar-refractivity contribution is 5.80. The van der Waals surface area contributed by atoms with Crippen molar-refractivity contribution in [2.75, 3.05) is 6.54 Å². The smallest absolute Gasteiger partial charge is 0.259 e. The Labute approximate surface area is 79.3 Å². The molecule has 2 amide bonds. The summed E-state index contributed by atoms with van der Waals surface area (Å²) in [7, 11) is 0. The molecule has 0 saturated carbocycles. The van der Waals surface area contributed by atoms with E-state index in [2.05, 4.69) is 5.43 Å². The Bertz CT molecular complexity index is 180. The van der Waals surface area contributed by atoms with Crippen molar-refractivity contribution in [2.45, 2.75) is 40.0 Å². The average molecular weight is 185 g/mol. The van der Waals surface area contributed by atoms with Gasteiger partial charge in [-0.15, -0.1) is 5.43 Å². The summed E-state index contributed by atoms with van der Waals surface area (Å²) in [6, 6.07) is 0. The molecule has 0 aliphatic heterocycles. The van der Waals surface area contributed by atoms with Crippen molar-refractivity contribution in [2.24, 2.45) is 0 Å². The molecular weight excluding hydrogens is 168 g/mol. The summed E-state index contributed by atoms with van der Waals surface area (Å²) in [5, 5.41) is 1.23. The van der Waals surface area contributed by atoms with Gasteiger partial charge < -0.3 is 0 Å². The van der Waals surface area contributed by atoms with E-state index in [1.807, 2.05) is 6.92 Å². The SMILES string of the molecule is CCCCC(=O)N(CC)[N]C(C)=O. The van der Waals surface area contributed by atoms with Crippen LogP contribution in [-0.2, 0) is 9.59 Å². The first-order chi connectivity index (χ1) is 6.11. The number of hydrogen-bond donors (Lipinski definition) is 0. The topological polar surface area (TPSA) is 51.5 Å². The third-order valence-corrected chi connectivity index (χ3v) is 1.59. The van der Waals surface area contributed by atoms with Gasteiger partial charge in [0.05, 0.1) is 0 Å². The van der Waals surface area contributed by atoms with Gasteiger partial charge in [-0.25, -0.2) is 5.01 Å². The molecule has 0 spiro atoms. The quantitative estimate of drug-likeness (QED) is 0.615. The van der Waals surface area contributed by atoms with Crippen LogP contribution in [0.1, 0.15) is 40.0 Å². The van der Waals surface area contributed by atoms with Gasteiger partial charge in [0.25, 0.3) is 5.91 Å². The fraction of sp³-hybridized carbons (Fsp3) is 0.778. The summed E-state index contributed by atoms with van der Waals surface area (Å²) in [6.07, 6.45) is 2.30. The van der Waals surface area contributed by atoms with Crippen molar-refractivity contribution in [3.63, 3.8) is 0 Å². The molecular formula is C9H17N2O2. The molecule has 0 aliphatic carbocycles. The zero-order valence-electron chi connectivity index (χ0n) is 8.54. The highest BCUT2D eigenvalue weighted by atomic mass is 16.2. The van der Waals surface area contributed by atoms with Gasteiger partial charge in [0.2, 0.25) is 5.91 Å². The number of rotatable bonds is 4. The second-order valence-corrected chi connectivity index (χ2v) is 2.83. The van der Waals surface area contributed by atoms with Crippen molar-refractivity contribution in [1.29, 1.82) is 0 Å². The molecule has 0 saturated heterocycles. The Kier molecular flexibility index (Phi) is 5.93. The fourth-order valence-electron chi connectivity index (χ4n) is 0.930. The van der Waals surface area contributed by atoms with Crippen LogP contribution in [0.15, 0.2) is 0 Å². The van der Waals surface area contributed by atoms with E-state index in [0.29, 0.717) is 13.0 Å². The monoisotopic (exact) mass is 185 g/mol. The van der Waals surface area contributed by atoms with Gasteiger partial charge in [-0.05, 0) is 13.3 Å². The van der Waals surface area contributed by atoms with E-state index in [1.54, 1.807) is 6.92 Å². The molecule has 0 fully saturated rings. The maximum Gasteiger partial charge on any atom is 0.259 e. The van der Waals surface area contributed by atoms with E-state index in [4.69, 9.17) is 0 Å². The zero-order chi connectivity index (χ0) is 10.3. The van der Waals surface area contributed by atoms with E-state index in [1.165, 1.54) is 11.9 Å². The van der Waals surface area contributed by atoms with Crippen LogP contribution < -0.4 is 5.43 Å². The summed E-state index contributed by atoms with van der Waals surface area (Å²) in [5.41, 5.74) is 3.59. The van der Waals surface area contributed by atoms with Crippen LogP contribution in [-0.4, -0.2) is 23.4 Å². The maximum absolute atomic E-state index is 11.3. The molecule has 0 bridgehead atoms. The molecule has 0 atom stereocenters. The number of hydrogen-bond acceptors (Lipinski definition) is 2. The Morgan fingerprint density at radius 2 is 1.92 bits per heavy atom. The predicted molar refractivity (Wildman–Crippen MR) is 49.7 cm³/mol. The molecule has 13 heavy (non-hydrogen) atoms. The van der Waals surface area contributed by atoms with Gasteiger partial charge in [0.1, 0.15) is 0 Å². The summed E-state index contributed by atoms with van der Waals surface area (Å²) in [6.45, 7) is 5.62. The van der Waals surface area contributed by atoms with E-state index in [0.717, 1.165) is 12.8 Å². The minimum absolute atomic E-state index is 0.0699. The zero-order valence-corrected chi connectivity index (χ0v) is 8.54. The standard InChI is InChI=1S/C9H17N2O2/c1-4-6-7-9(13)11(5-2)10-8(3)12/h4-7H2,1-3H3. The largest absolute Gasteiger partial charge is 0.273 e. The molecule has 1 radical (unpaired) electrons. The lowest BCUT2D eigenvalue weighted by atomic mass is 10.2. The van der Waals surface area contributed by atoms with Crippen LogP contribution in [0.2, 0.25) is 0 Å². The van der Waals surface area contributed by atoms with E-state index >= 15 is 0 Å². The Balaban J connectivity index is 3.92. The van der Waals surface area contributed by atoms with Crippen LogP contribution in [0, 0.1) is 0 Å². The van der Waals surface area contributed by atoms with Crippen molar-refractivity contribution in [3.05, 3.63) is 0 Å². The molecule has 0 aliphatic rings. The van der Waals surface area contributed by atoms with Gasteiger partial charge in [0, 0.05) is 19.9 Å². The molecule has 0 rings (SSSR count). The second-order valence-electron chi connectivity index (χ2n) is 2.83. The summed E-state index contributed by atoms with van der Waals surface area (Å²) >= 11 is 0. The van der Waals surface area contributed by atoms with Crippen molar-refractivity contribution in [3.8, 4) is 0 Å². The molecule has 75 valence electrons. The molecule has 4 heteroatoms. The number of unbranched alkanes of at least 4 members (excludes halogenated alkanes) is 1. The van der Waals surface area contributed by atoms with E-state index in [-0.39, 0.29) is 11.8 Å². The number of carbonyl (C=O) groups is 2. The summed E-state index contributed by atoms with van der Waals surface area (Å²) < 4.78 is 0. The first-order valence-electron chi connectivity index (χ1n) is 4.64. The third-order valence-electron chi connectivity index (χ3n) is 1.59. The fourth-order valence-corrected chi connectivity index (χ4v) is 0.930. The molecule has 0 N–H and O–H groups in total. The minimum atomic E-state index is -0.327. The van der Waals surface area contributed by atoms with Crippen molar-refractivity contribution in [1.82, 2.24) is 10.4 Å². The number of amides is 2. The van der Waals surface area contributed by atoms with Gasteiger partial charge in [-0.2, -0.15) is 0 Å². The number of nitrogens with zero attached hydrogens (tertiary/aromatic N) is 2. The number of carbonyl (C=O) groups excluding carboxylic acids is 2. The molecule has 0 aromatic carbocycles. The summed E-state index contributed by atoms with van der Waals surface area (Å²) in [4.78, 5) is 22.0. The van der Waals surface area contributed by atoms with Gasteiger partial charge in [-0.1, -0.05) is 13.3 Å². The van der Waals surface area contributed by atoms with Crippen molar-refractivity contribution >= 4 is 11.8 Å². The van der Waals surface area contributed by atoms with Crippen LogP contribution in [0.25, 0.3) is 0 Å². The highest BCUT2D eigenvalue weighted by Crippen LogP contribution is 1.98. The Hall–Kier alpha value is -1.06. The molecule has 4 nitrogen and oxygen atoms in total. The highest BCUT2D eigenvalue weighted by Gasteiger charge is 2.13. The van der Waals surface area contributed by atoms with Crippen LogP contribution in [0.5, 0.6) is 0 Å². The van der Waals surface area contributed by atoms with Gasteiger partial charge in [0.15, 0.2) is 0 Å². The lowest BCUT2D eigenvalue weighted by Crippen LogP contribution is -2.39. The first-order valence-corrected chi connectivity index (χ1v) is 4.64. The van der Waals surface area contributed by atoms with Gasteiger partial charge in [-0.3, -0.25) is 9.59 Å². The lowest BCUT2D eigenvalue weighted by Gasteiger charge is -2.17. The van der Waals surface area contributed by atoms with Crippen molar-refractivity contribution < 1.29 is 9.59 Å². The maximum atomic E-state index is 11.3. The van der Waals surface area contributed by atoms with Gasteiger partial charge >= 0.3 is 0 Å². The molecule has 0 aromatic heterocycles. The predicted octanol–water partition coefficient (Wildman–Crippen LogP) is 1.09. The molecule has 0 unspecified atom stereocenters. The molecule has 0 aromatic rings. The lowest BCUT2D eigenvalue weighted by molar-refractivity contribution is -0.141. The van der Waals surface area contributed by atoms with E-state index in [9.17, 15) is 9.59 Å². The first kappa shape index (κ1) is 11.9. The van der Waals surface area contributed by atoms with E-state index < -0.39 is 0 Å². The van der Waals surface area contributed by atoms with Crippen LogP contribution in [0.4, 0.5) is 0 Å². The minimum Gasteiger partial charge on any atom is -0.273 e. The normalized spacial score (nSPS) is 9.46. The average Bonchev–Trinajstić information content (AvgIpc) is 2.09. The Morgan fingerprint density at radius 3 is 2.31 bits per heavy atom. The second kappa shape index (κ2) is 6.46.